The number of nitrogens with one attached hydrogen (secondary N) is 1. The maximum Gasteiger partial charge on any atom is 0.258 e. The van der Waals surface area contributed by atoms with Crippen LogP contribution in [0.15, 0.2) is 63.3 Å². The van der Waals surface area contributed by atoms with Gasteiger partial charge in [-0.15, -0.1) is 23.1 Å². The Labute approximate surface area is 194 Å². The molecule has 164 valence electrons. The van der Waals surface area contributed by atoms with Crippen LogP contribution in [0.2, 0.25) is 0 Å². The minimum Gasteiger partial charge on any atom is -0.494 e. The highest BCUT2D eigenvalue weighted by molar-refractivity contribution is 7.98. The lowest BCUT2D eigenvalue weighted by molar-refractivity contribution is 0.102. The first-order chi connectivity index (χ1) is 15.6. The average Bonchev–Trinajstić information content (AvgIpc) is 3.45. The number of anilines is 1. The summed E-state index contributed by atoms with van der Waals surface area (Å²) in [5, 5.41) is 9.18. The van der Waals surface area contributed by atoms with Crippen molar-refractivity contribution < 1.29 is 14.1 Å². The van der Waals surface area contributed by atoms with Crippen molar-refractivity contribution in [3.8, 4) is 17.0 Å². The standard InChI is InChI=1S/C23H22N4O3S2/c1-3-12-29-17-10-8-16(9-11-17)19-13-32-23(25-19)26-22(28)18-6-4-5-7-20(18)31-14-21-24-15(2)27-30-21/h4-11,13H,3,12,14H2,1-2H3,(H,25,26,28). The maximum atomic E-state index is 12.9. The number of nitrogens with zero attached hydrogens (tertiary/aromatic N) is 3. The Kier molecular flexibility index (Phi) is 7.18. The molecule has 9 heteroatoms. The molecule has 0 aliphatic carbocycles. The molecule has 0 atom stereocenters. The lowest BCUT2D eigenvalue weighted by Crippen LogP contribution is -2.12. The number of carbonyl (C=O) groups is 1. The molecule has 0 aliphatic rings. The van der Waals surface area contributed by atoms with Crippen molar-refractivity contribution in [3.05, 3.63) is 71.2 Å². The Hall–Kier alpha value is -3.17. The molecule has 4 rings (SSSR count). The van der Waals surface area contributed by atoms with Crippen LogP contribution in [0.3, 0.4) is 0 Å². The number of thioether (sulfide) groups is 1. The van der Waals surface area contributed by atoms with E-state index in [1.54, 1.807) is 13.0 Å². The van der Waals surface area contributed by atoms with Gasteiger partial charge in [0.1, 0.15) is 5.75 Å². The fourth-order valence-electron chi connectivity index (χ4n) is 2.89. The number of rotatable bonds is 9. The van der Waals surface area contributed by atoms with E-state index in [-0.39, 0.29) is 5.91 Å². The Morgan fingerprint density at radius 2 is 1.97 bits per heavy atom. The topological polar surface area (TPSA) is 90.1 Å². The van der Waals surface area contributed by atoms with Crippen LogP contribution in [-0.4, -0.2) is 27.6 Å². The van der Waals surface area contributed by atoms with Gasteiger partial charge in [0.2, 0.25) is 5.89 Å². The van der Waals surface area contributed by atoms with E-state index in [0.29, 0.717) is 34.8 Å². The summed E-state index contributed by atoms with van der Waals surface area (Å²) >= 11 is 2.87. The summed E-state index contributed by atoms with van der Waals surface area (Å²) in [6.45, 7) is 4.54. The van der Waals surface area contributed by atoms with Crippen molar-refractivity contribution in [3.63, 3.8) is 0 Å². The quantitative estimate of drug-likeness (QED) is 0.310. The van der Waals surface area contributed by atoms with Crippen molar-refractivity contribution in [2.45, 2.75) is 30.9 Å². The molecule has 0 bridgehead atoms. The minimum absolute atomic E-state index is 0.209. The van der Waals surface area contributed by atoms with E-state index in [9.17, 15) is 4.79 Å². The molecule has 7 nitrogen and oxygen atoms in total. The second-order valence-corrected chi connectivity index (χ2v) is 8.76. The van der Waals surface area contributed by atoms with Crippen molar-refractivity contribution in [1.29, 1.82) is 0 Å². The number of hydrogen-bond donors (Lipinski definition) is 1. The van der Waals surface area contributed by atoms with E-state index >= 15 is 0 Å². The molecule has 0 radical (unpaired) electrons. The van der Waals surface area contributed by atoms with Gasteiger partial charge in [0.15, 0.2) is 11.0 Å². The highest BCUT2D eigenvalue weighted by Gasteiger charge is 2.15. The fourth-order valence-corrected chi connectivity index (χ4v) is 4.49. The van der Waals surface area contributed by atoms with Crippen molar-refractivity contribution >= 4 is 34.1 Å². The van der Waals surface area contributed by atoms with Crippen LogP contribution in [0, 0.1) is 6.92 Å². The van der Waals surface area contributed by atoms with E-state index in [1.807, 2.05) is 47.8 Å². The van der Waals surface area contributed by atoms with Crippen LogP contribution in [0.4, 0.5) is 5.13 Å². The van der Waals surface area contributed by atoms with Gasteiger partial charge in [-0.2, -0.15) is 4.98 Å². The Bertz CT molecular complexity index is 1190. The largest absolute Gasteiger partial charge is 0.494 e. The van der Waals surface area contributed by atoms with Gasteiger partial charge in [-0.05, 0) is 49.7 Å². The number of amides is 1. The molecule has 2 aromatic carbocycles. The van der Waals surface area contributed by atoms with E-state index in [2.05, 4.69) is 27.4 Å². The van der Waals surface area contributed by atoms with E-state index < -0.39 is 0 Å². The fraction of sp³-hybridized carbons (Fsp3) is 0.217. The third kappa shape index (κ3) is 5.54. The highest BCUT2D eigenvalue weighted by Crippen LogP contribution is 2.29. The number of aryl methyl sites for hydroxylation is 1. The molecule has 0 saturated heterocycles. The van der Waals surface area contributed by atoms with Crippen LogP contribution in [0.25, 0.3) is 11.3 Å². The van der Waals surface area contributed by atoms with Gasteiger partial charge < -0.3 is 9.26 Å². The zero-order valence-corrected chi connectivity index (χ0v) is 19.3. The first-order valence-corrected chi connectivity index (χ1v) is 12.0. The van der Waals surface area contributed by atoms with E-state index in [4.69, 9.17) is 9.26 Å². The van der Waals surface area contributed by atoms with Gasteiger partial charge >= 0.3 is 0 Å². The van der Waals surface area contributed by atoms with Crippen molar-refractivity contribution in [1.82, 2.24) is 15.1 Å². The number of ether oxygens (including phenoxy) is 1. The van der Waals surface area contributed by atoms with Crippen LogP contribution < -0.4 is 10.1 Å². The summed E-state index contributed by atoms with van der Waals surface area (Å²) in [7, 11) is 0. The minimum atomic E-state index is -0.209. The molecule has 4 aromatic rings. The second-order valence-electron chi connectivity index (χ2n) is 6.89. The van der Waals surface area contributed by atoms with Crippen LogP contribution in [0.5, 0.6) is 5.75 Å². The molecule has 2 heterocycles. The Morgan fingerprint density at radius 3 is 2.72 bits per heavy atom. The summed E-state index contributed by atoms with van der Waals surface area (Å²) in [5.41, 5.74) is 2.35. The van der Waals surface area contributed by atoms with Gasteiger partial charge in [0, 0.05) is 15.8 Å². The molecular weight excluding hydrogens is 444 g/mol. The lowest BCUT2D eigenvalue weighted by atomic mass is 10.2. The monoisotopic (exact) mass is 466 g/mol. The van der Waals surface area contributed by atoms with Crippen LogP contribution >= 0.6 is 23.1 Å². The lowest BCUT2D eigenvalue weighted by Gasteiger charge is -2.07. The van der Waals surface area contributed by atoms with Crippen molar-refractivity contribution in [2.24, 2.45) is 0 Å². The predicted molar refractivity (Wildman–Crippen MR) is 126 cm³/mol. The highest BCUT2D eigenvalue weighted by atomic mass is 32.2. The summed E-state index contributed by atoms with van der Waals surface area (Å²) in [4.78, 5) is 22.5. The maximum absolute atomic E-state index is 12.9. The van der Waals surface area contributed by atoms with E-state index in [0.717, 1.165) is 28.3 Å². The third-order valence-electron chi connectivity index (χ3n) is 4.40. The molecule has 32 heavy (non-hydrogen) atoms. The Balaban J connectivity index is 1.42. The molecule has 0 spiro atoms. The number of aromatic nitrogens is 3. The normalized spacial score (nSPS) is 10.8. The molecule has 0 aliphatic heterocycles. The number of thiazole rings is 1. The molecule has 0 unspecified atom stereocenters. The molecular formula is C23H22N4O3S2. The smallest absolute Gasteiger partial charge is 0.258 e. The summed E-state index contributed by atoms with van der Waals surface area (Å²) in [6.07, 6.45) is 0.967. The Morgan fingerprint density at radius 1 is 1.16 bits per heavy atom. The molecule has 1 amide bonds. The molecule has 1 N–H and O–H groups in total. The number of benzene rings is 2. The zero-order chi connectivity index (χ0) is 22.3. The second kappa shape index (κ2) is 10.4. The summed E-state index contributed by atoms with van der Waals surface area (Å²) in [5.74, 6) is 2.24. The first kappa shape index (κ1) is 22.0. The molecule has 2 aromatic heterocycles. The van der Waals surface area contributed by atoms with Gasteiger partial charge in [-0.3, -0.25) is 10.1 Å². The van der Waals surface area contributed by atoms with Gasteiger partial charge in [0.25, 0.3) is 5.91 Å². The average molecular weight is 467 g/mol. The number of hydrogen-bond acceptors (Lipinski definition) is 8. The SMILES string of the molecule is CCCOc1ccc(-c2csc(NC(=O)c3ccccc3SCc3nc(C)no3)n2)cc1. The van der Waals surface area contributed by atoms with Gasteiger partial charge in [0.05, 0.1) is 23.6 Å². The number of carbonyl (C=O) groups excluding carboxylic acids is 1. The van der Waals surface area contributed by atoms with Crippen LogP contribution in [-0.2, 0) is 5.75 Å². The molecule has 0 saturated carbocycles. The zero-order valence-electron chi connectivity index (χ0n) is 17.7. The van der Waals surface area contributed by atoms with Gasteiger partial charge in [-0.25, -0.2) is 4.98 Å². The van der Waals surface area contributed by atoms with Crippen molar-refractivity contribution in [2.75, 3.05) is 11.9 Å². The molecule has 0 fully saturated rings. The van der Waals surface area contributed by atoms with Crippen LogP contribution in [0.1, 0.15) is 35.4 Å². The first-order valence-electron chi connectivity index (χ1n) is 10.1. The summed E-state index contributed by atoms with van der Waals surface area (Å²) in [6, 6.07) is 15.2. The predicted octanol–water partition coefficient (Wildman–Crippen LogP) is 5.83. The third-order valence-corrected chi connectivity index (χ3v) is 6.22. The van der Waals surface area contributed by atoms with Gasteiger partial charge in [-0.1, -0.05) is 24.2 Å². The summed E-state index contributed by atoms with van der Waals surface area (Å²) < 4.78 is 10.8. The van der Waals surface area contributed by atoms with E-state index in [1.165, 1.54) is 23.1 Å².